The Kier molecular flexibility index (Phi) is 5.03. The molecule has 2 aromatic rings. The normalized spacial score (nSPS) is 24.3. The van der Waals surface area contributed by atoms with Crippen LogP contribution in [-0.4, -0.2) is 51.3 Å². The van der Waals surface area contributed by atoms with E-state index in [1.54, 1.807) is 27.7 Å². The Hall–Kier alpha value is -3.49. The lowest BCUT2D eigenvalue weighted by Gasteiger charge is -2.43. The van der Waals surface area contributed by atoms with Crippen LogP contribution in [0, 0.1) is 11.7 Å². The molecule has 8 nitrogen and oxygen atoms in total. The summed E-state index contributed by atoms with van der Waals surface area (Å²) in [4.78, 5) is 53.0. The predicted molar refractivity (Wildman–Crippen MR) is 112 cm³/mol. The first-order valence-corrected chi connectivity index (χ1v) is 10.7. The zero-order chi connectivity index (χ0) is 22.4. The average molecular weight is 438 g/mol. The summed E-state index contributed by atoms with van der Waals surface area (Å²) < 4.78 is 15.2. The number of imide groups is 1. The third kappa shape index (κ3) is 3.68. The summed E-state index contributed by atoms with van der Waals surface area (Å²) >= 11 is 0. The van der Waals surface area contributed by atoms with E-state index in [9.17, 15) is 23.6 Å². The van der Waals surface area contributed by atoms with Gasteiger partial charge in [-0.1, -0.05) is 18.2 Å². The Morgan fingerprint density at radius 1 is 1.06 bits per heavy atom. The van der Waals surface area contributed by atoms with Crippen LogP contribution in [0.2, 0.25) is 0 Å². The molecule has 1 unspecified atom stereocenters. The Labute approximate surface area is 183 Å². The van der Waals surface area contributed by atoms with Crippen LogP contribution in [-0.2, 0) is 22.7 Å². The number of piperidine rings is 1. The third-order valence-corrected chi connectivity index (χ3v) is 6.55. The van der Waals surface area contributed by atoms with E-state index in [-0.39, 0.29) is 36.3 Å². The molecular formula is C23H23FN4O4. The monoisotopic (exact) mass is 438 g/mol. The first kappa shape index (κ1) is 20.4. The van der Waals surface area contributed by atoms with Crippen molar-refractivity contribution in [2.24, 2.45) is 5.92 Å². The van der Waals surface area contributed by atoms with Crippen molar-refractivity contribution >= 4 is 17.8 Å². The maximum Gasteiger partial charge on any atom is 0.325 e. The van der Waals surface area contributed by atoms with Crippen molar-refractivity contribution in [2.75, 3.05) is 13.1 Å². The summed E-state index contributed by atoms with van der Waals surface area (Å²) in [7, 11) is 0. The van der Waals surface area contributed by atoms with Crippen LogP contribution in [0.5, 0.6) is 0 Å². The Morgan fingerprint density at radius 3 is 2.69 bits per heavy atom. The number of likely N-dealkylation sites (tertiary alicyclic amines) is 1. The highest BCUT2D eigenvalue weighted by molar-refractivity contribution is 6.05. The van der Waals surface area contributed by atoms with E-state index in [2.05, 4.69) is 5.32 Å². The number of carbonyl (C=O) groups excluding carboxylic acids is 3. The number of rotatable bonds is 4. The first-order chi connectivity index (χ1) is 15.4. The molecule has 3 aliphatic rings. The van der Waals surface area contributed by atoms with Crippen LogP contribution in [0.1, 0.15) is 30.0 Å². The molecule has 4 heterocycles. The maximum atomic E-state index is 13.4. The molecule has 166 valence electrons. The Morgan fingerprint density at radius 2 is 1.88 bits per heavy atom. The number of halogens is 1. The van der Waals surface area contributed by atoms with Crippen LogP contribution < -0.4 is 10.9 Å². The molecular weight excluding hydrogens is 415 g/mol. The van der Waals surface area contributed by atoms with Gasteiger partial charge in [-0.05, 0) is 36.1 Å². The quantitative estimate of drug-likeness (QED) is 0.732. The summed E-state index contributed by atoms with van der Waals surface area (Å²) in [6.07, 6.45) is 0.805. The number of nitrogens with one attached hydrogen (secondary N) is 1. The molecule has 0 spiro atoms. The zero-order valence-corrected chi connectivity index (χ0v) is 17.4. The number of hydrogen-bond donors (Lipinski definition) is 1. The van der Waals surface area contributed by atoms with E-state index in [1.165, 1.54) is 18.2 Å². The second-order valence-corrected chi connectivity index (χ2v) is 8.76. The zero-order valence-electron chi connectivity index (χ0n) is 17.4. The number of pyridine rings is 1. The molecule has 2 fully saturated rings. The van der Waals surface area contributed by atoms with Gasteiger partial charge < -0.3 is 14.8 Å². The topological polar surface area (TPSA) is 91.7 Å². The Balaban J connectivity index is 1.25. The van der Waals surface area contributed by atoms with Gasteiger partial charge in [0.05, 0.1) is 13.0 Å². The summed E-state index contributed by atoms with van der Waals surface area (Å²) in [5, 5.41) is 2.58. The molecule has 3 aliphatic heterocycles. The minimum Gasteiger partial charge on any atom is -0.342 e. The lowest BCUT2D eigenvalue weighted by Crippen LogP contribution is -2.50. The number of aromatic nitrogens is 1. The molecule has 0 saturated carbocycles. The van der Waals surface area contributed by atoms with Crippen molar-refractivity contribution < 1.29 is 18.8 Å². The fourth-order valence-corrected chi connectivity index (χ4v) is 5.09. The lowest BCUT2D eigenvalue weighted by molar-refractivity contribution is -0.137. The van der Waals surface area contributed by atoms with Crippen molar-refractivity contribution in [3.05, 3.63) is 69.9 Å². The van der Waals surface area contributed by atoms with Gasteiger partial charge in [-0.3, -0.25) is 19.3 Å². The van der Waals surface area contributed by atoms with Gasteiger partial charge in [0.1, 0.15) is 11.9 Å². The summed E-state index contributed by atoms with van der Waals surface area (Å²) in [6, 6.07) is 9.44. The smallest absolute Gasteiger partial charge is 0.325 e. The second kappa shape index (κ2) is 7.89. The maximum absolute atomic E-state index is 13.4. The van der Waals surface area contributed by atoms with Gasteiger partial charge >= 0.3 is 6.03 Å². The standard InChI is InChI=1S/C23H23FN4O4/c24-17-4-1-3-14(8-17)11-28-22(31)18(25-23(28)32)9-21(30)26-10-15-7-16(13-26)19-5-2-6-20(29)27(19)12-15/h1-6,8,15-16,18H,7,9-13H2,(H,25,32)/t15-,16+,18?/m1/s1. The van der Waals surface area contributed by atoms with E-state index in [0.717, 1.165) is 17.0 Å². The van der Waals surface area contributed by atoms with Crippen molar-refractivity contribution in [3.63, 3.8) is 0 Å². The number of urea groups is 1. The molecule has 1 N–H and O–H groups in total. The molecule has 9 heteroatoms. The molecule has 2 saturated heterocycles. The molecule has 32 heavy (non-hydrogen) atoms. The Bertz CT molecular complexity index is 1160. The van der Waals surface area contributed by atoms with Gasteiger partial charge in [-0.15, -0.1) is 0 Å². The van der Waals surface area contributed by atoms with Gasteiger partial charge in [0, 0.05) is 37.3 Å². The van der Waals surface area contributed by atoms with Crippen LogP contribution in [0.25, 0.3) is 0 Å². The van der Waals surface area contributed by atoms with Gasteiger partial charge in [0.2, 0.25) is 5.91 Å². The molecule has 5 rings (SSSR count). The number of amides is 4. The minimum atomic E-state index is -0.930. The van der Waals surface area contributed by atoms with Crippen molar-refractivity contribution in [3.8, 4) is 0 Å². The van der Waals surface area contributed by atoms with Gasteiger partial charge in [-0.2, -0.15) is 0 Å². The highest BCUT2D eigenvalue weighted by atomic mass is 19.1. The molecule has 4 amide bonds. The van der Waals surface area contributed by atoms with E-state index in [1.807, 2.05) is 6.07 Å². The van der Waals surface area contributed by atoms with Crippen molar-refractivity contribution in [2.45, 2.75) is 37.9 Å². The SMILES string of the molecule is O=C(CC1NC(=O)N(Cc2cccc(F)c2)C1=O)N1C[C@H]2C[C@@H](C1)c1cccc(=O)n1C2. The molecule has 1 aromatic carbocycles. The number of carbonyl (C=O) groups is 3. The predicted octanol–water partition coefficient (Wildman–Crippen LogP) is 1.44. The van der Waals surface area contributed by atoms with Crippen LogP contribution in [0.15, 0.2) is 47.3 Å². The van der Waals surface area contributed by atoms with Crippen LogP contribution in [0.3, 0.4) is 0 Å². The van der Waals surface area contributed by atoms with Crippen molar-refractivity contribution in [1.82, 2.24) is 19.7 Å². The van der Waals surface area contributed by atoms with Crippen molar-refractivity contribution in [1.29, 1.82) is 0 Å². The minimum absolute atomic E-state index is 0.0189. The molecule has 3 atom stereocenters. The van der Waals surface area contributed by atoms with E-state index >= 15 is 0 Å². The fraction of sp³-hybridized carbons (Fsp3) is 0.391. The van der Waals surface area contributed by atoms with Gasteiger partial charge in [-0.25, -0.2) is 9.18 Å². The second-order valence-electron chi connectivity index (χ2n) is 8.76. The van der Waals surface area contributed by atoms with Crippen LogP contribution in [0.4, 0.5) is 9.18 Å². The third-order valence-electron chi connectivity index (χ3n) is 6.55. The molecule has 0 aliphatic carbocycles. The van der Waals surface area contributed by atoms with Gasteiger partial charge in [0.25, 0.3) is 11.5 Å². The number of benzene rings is 1. The lowest BCUT2D eigenvalue weighted by atomic mass is 9.83. The van der Waals surface area contributed by atoms with E-state index in [0.29, 0.717) is 25.2 Å². The molecule has 0 radical (unpaired) electrons. The summed E-state index contributed by atoms with van der Waals surface area (Å²) in [6.45, 7) is 1.54. The first-order valence-electron chi connectivity index (χ1n) is 10.7. The number of fused-ring (bicyclic) bond motifs is 4. The summed E-state index contributed by atoms with van der Waals surface area (Å²) in [5.41, 5.74) is 1.42. The highest BCUT2D eigenvalue weighted by Gasteiger charge is 2.41. The highest BCUT2D eigenvalue weighted by Crippen LogP contribution is 2.35. The van der Waals surface area contributed by atoms with E-state index < -0.39 is 23.8 Å². The number of nitrogens with zero attached hydrogens (tertiary/aromatic N) is 3. The molecule has 2 bridgehead atoms. The number of hydrogen-bond acceptors (Lipinski definition) is 4. The largest absolute Gasteiger partial charge is 0.342 e. The molecule has 1 aromatic heterocycles. The van der Waals surface area contributed by atoms with Crippen LogP contribution >= 0.6 is 0 Å². The fourth-order valence-electron chi connectivity index (χ4n) is 5.09. The van der Waals surface area contributed by atoms with E-state index in [4.69, 9.17) is 0 Å². The summed E-state index contributed by atoms with van der Waals surface area (Å²) in [5.74, 6) is -0.859. The average Bonchev–Trinajstić information content (AvgIpc) is 3.02. The van der Waals surface area contributed by atoms with Gasteiger partial charge in [0.15, 0.2) is 0 Å².